The topological polar surface area (TPSA) is 86.2 Å². The van der Waals surface area contributed by atoms with Crippen molar-refractivity contribution in [3.05, 3.63) is 106 Å². The van der Waals surface area contributed by atoms with E-state index in [1.54, 1.807) is 60.7 Å². The first-order valence-electron chi connectivity index (χ1n) is 9.81. The van der Waals surface area contributed by atoms with Crippen LogP contribution in [0.5, 0.6) is 0 Å². The molecule has 8 heteroatoms. The fourth-order valence-corrected chi connectivity index (χ4v) is 3.70. The summed E-state index contributed by atoms with van der Waals surface area (Å²) < 4.78 is 21.9. The minimum atomic E-state index is -0.705. The number of hydrogen-bond donors (Lipinski definition) is 1. The van der Waals surface area contributed by atoms with Crippen molar-refractivity contribution < 1.29 is 13.6 Å². The number of anilines is 1. The number of halogens is 1. The van der Waals surface area contributed by atoms with Crippen LogP contribution in [0.15, 0.2) is 92.9 Å². The average Bonchev–Trinajstić information content (AvgIpc) is 3.19. The third-order valence-electron chi connectivity index (χ3n) is 5.12. The van der Waals surface area contributed by atoms with Gasteiger partial charge in [0.25, 0.3) is 0 Å². The second-order valence-corrected chi connectivity index (χ2v) is 7.15. The molecule has 0 radical (unpaired) electrons. The molecule has 3 aromatic carbocycles. The van der Waals surface area contributed by atoms with E-state index in [1.807, 2.05) is 0 Å². The van der Waals surface area contributed by atoms with Crippen LogP contribution in [0, 0.1) is 5.82 Å². The third kappa shape index (κ3) is 3.18. The number of rotatable bonds is 4. The number of para-hydroxylation sites is 3. The van der Waals surface area contributed by atoms with Crippen LogP contribution >= 0.6 is 0 Å². The Labute approximate surface area is 179 Å². The SMILES string of the molecule is O=C(Cn1c(=O)n(-c2ccccc2)c(=O)c2oc3ccccc3c21)Nc1ccccc1F. The van der Waals surface area contributed by atoms with E-state index in [4.69, 9.17) is 4.42 Å². The molecule has 0 saturated carbocycles. The zero-order chi connectivity index (χ0) is 22.2. The molecule has 0 fully saturated rings. The van der Waals surface area contributed by atoms with Crippen molar-refractivity contribution in [2.45, 2.75) is 6.54 Å². The number of aromatic nitrogens is 2. The van der Waals surface area contributed by atoms with E-state index < -0.39 is 29.5 Å². The maximum atomic E-state index is 14.0. The summed E-state index contributed by atoms with van der Waals surface area (Å²) in [6.07, 6.45) is 0. The summed E-state index contributed by atoms with van der Waals surface area (Å²) in [6, 6.07) is 21.0. The van der Waals surface area contributed by atoms with E-state index in [0.29, 0.717) is 16.7 Å². The molecule has 32 heavy (non-hydrogen) atoms. The van der Waals surface area contributed by atoms with Gasteiger partial charge in [0, 0.05) is 5.39 Å². The number of fused-ring (bicyclic) bond motifs is 3. The molecule has 1 amide bonds. The van der Waals surface area contributed by atoms with Crippen LogP contribution < -0.4 is 16.6 Å². The molecule has 2 aromatic heterocycles. The first kappa shape index (κ1) is 19.5. The Morgan fingerprint density at radius 1 is 0.906 bits per heavy atom. The molecule has 0 aliphatic carbocycles. The predicted molar refractivity (Wildman–Crippen MR) is 119 cm³/mol. The van der Waals surface area contributed by atoms with Gasteiger partial charge in [-0.3, -0.25) is 14.2 Å². The van der Waals surface area contributed by atoms with Gasteiger partial charge in [0.1, 0.15) is 23.5 Å². The lowest BCUT2D eigenvalue weighted by molar-refractivity contribution is -0.116. The second-order valence-electron chi connectivity index (χ2n) is 7.15. The number of nitrogens with zero attached hydrogens (tertiary/aromatic N) is 2. The van der Waals surface area contributed by atoms with Gasteiger partial charge >= 0.3 is 11.2 Å². The van der Waals surface area contributed by atoms with Crippen LogP contribution in [-0.4, -0.2) is 15.0 Å². The van der Waals surface area contributed by atoms with Crippen molar-refractivity contribution in [3.8, 4) is 5.69 Å². The van der Waals surface area contributed by atoms with Crippen molar-refractivity contribution in [1.82, 2.24) is 9.13 Å². The quantitative estimate of drug-likeness (QED) is 0.472. The number of carbonyl (C=O) groups is 1. The summed E-state index contributed by atoms with van der Waals surface area (Å²) >= 11 is 0. The normalized spacial score (nSPS) is 11.2. The highest BCUT2D eigenvalue weighted by atomic mass is 19.1. The maximum Gasteiger partial charge on any atom is 0.336 e. The maximum absolute atomic E-state index is 14.0. The number of nitrogens with one attached hydrogen (secondary N) is 1. The number of benzene rings is 3. The van der Waals surface area contributed by atoms with Gasteiger partial charge in [-0.25, -0.2) is 13.8 Å². The van der Waals surface area contributed by atoms with E-state index in [1.165, 1.54) is 22.8 Å². The molecule has 0 spiro atoms. The average molecular weight is 429 g/mol. The summed E-state index contributed by atoms with van der Waals surface area (Å²) in [5.74, 6) is -1.22. The van der Waals surface area contributed by atoms with Crippen LogP contribution in [0.1, 0.15) is 0 Å². The molecule has 2 heterocycles. The fraction of sp³-hybridized carbons (Fsp3) is 0.0417. The number of furan rings is 1. The third-order valence-corrected chi connectivity index (χ3v) is 5.12. The summed E-state index contributed by atoms with van der Waals surface area (Å²) in [6.45, 7) is -0.444. The monoisotopic (exact) mass is 429 g/mol. The highest BCUT2D eigenvalue weighted by Crippen LogP contribution is 2.26. The predicted octanol–water partition coefficient (Wildman–Crippen LogP) is 3.68. The minimum absolute atomic E-state index is 0.00442. The first-order valence-corrected chi connectivity index (χ1v) is 9.81. The van der Waals surface area contributed by atoms with Crippen molar-refractivity contribution >= 4 is 33.7 Å². The Balaban J connectivity index is 1.73. The lowest BCUT2D eigenvalue weighted by Crippen LogP contribution is -2.40. The van der Waals surface area contributed by atoms with Gasteiger partial charge in [-0.15, -0.1) is 0 Å². The molecule has 0 unspecified atom stereocenters. The van der Waals surface area contributed by atoms with Crippen molar-refractivity contribution in [2.75, 3.05) is 5.32 Å². The zero-order valence-electron chi connectivity index (χ0n) is 16.6. The first-order chi connectivity index (χ1) is 15.5. The second kappa shape index (κ2) is 7.66. The largest absolute Gasteiger partial charge is 0.449 e. The molecular formula is C24H16FN3O4. The van der Waals surface area contributed by atoms with E-state index >= 15 is 0 Å². The van der Waals surface area contributed by atoms with Gasteiger partial charge in [0.05, 0.1) is 11.4 Å². The van der Waals surface area contributed by atoms with E-state index in [-0.39, 0.29) is 16.8 Å². The van der Waals surface area contributed by atoms with Gasteiger partial charge in [-0.05, 0) is 36.4 Å². The molecule has 0 aliphatic rings. The molecule has 5 rings (SSSR count). The number of hydrogen-bond acceptors (Lipinski definition) is 4. The van der Waals surface area contributed by atoms with Gasteiger partial charge in [-0.1, -0.05) is 42.5 Å². The molecular weight excluding hydrogens is 413 g/mol. The smallest absolute Gasteiger partial charge is 0.336 e. The van der Waals surface area contributed by atoms with E-state index in [9.17, 15) is 18.8 Å². The van der Waals surface area contributed by atoms with Crippen LogP contribution in [0.2, 0.25) is 0 Å². The lowest BCUT2D eigenvalue weighted by Gasteiger charge is -2.12. The molecule has 0 bridgehead atoms. The number of amides is 1. The Bertz CT molecular complexity index is 1600. The Morgan fingerprint density at radius 2 is 1.59 bits per heavy atom. The fourth-order valence-electron chi connectivity index (χ4n) is 3.70. The molecule has 0 aliphatic heterocycles. The summed E-state index contributed by atoms with van der Waals surface area (Å²) in [5.41, 5.74) is -0.418. The van der Waals surface area contributed by atoms with Crippen molar-refractivity contribution in [2.24, 2.45) is 0 Å². The van der Waals surface area contributed by atoms with Gasteiger partial charge < -0.3 is 9.73 Å². The van der Waals surface area contributed by atoms with Crippen LogP contribution in [0.3, 0.4) is 0 Å². The molecule has 7 nitrogen and oxygen atoms in total. The van der Waals surface area contributed by atoms with E-state index in [0.717, 1.165) is 4.57 Å². The summed E-state index contributed by atoms with van der Waals surface area (Å²) in [4.78, 5) is 39.4. The summed E-state index contributed by atoms with van der Waals surface area (Å²) in [5, 5.41) is 3.00. The molecule has 1 N–H and O–H groups in total. The van der Waals surface area contributed by atoms with Gasteiger partial charge in [0.2, 0.25) is 11.5 Å². The van der Waals surface area contributed by atoms with E-state index in [2.05, 4.69) is 5.32 Å². The molecule has 0 atom stereocenters. The Kier molecular flexibility index (Phi) is 4.67. The Hall–Kier alpha value is -4.46. The number of carbonyl (C=O) groups excluding carboxylic acids is 1. The Morgan fingerprint density at radius 3 is 2.38 bits per heavy atom. The molecule has 0 saturated heterocycles. The van der Waals surface area contributed by atoms with Crippen LogP contribution in [0.4, 0.5) is 10.1 Å². The lowest BCUT2D eigenvalue weighted by atomic mass is 10.2. The van der Waals surface area contributed by atoms with Gasteiger partial charge in [-0.2, -0.15) is 0 Å². The van der Waals surface area contributed by atoms with Crippen LogP contribution in [0.25, 0.3) is 27.8 Å². The van der Waals surface area contributed by atoms with Crippen LogP contribution in [-0.2, 0) is 11.3 Å². The van der Waals surface area contributed by atoms with Crippen molar-refractivity contribution in [1.29, 1.82) is 0 Å². The molecule has 158 valence electrons. The zero-order valence-corrected chi connectivity index (χ0v) is 16.6. The van der Waals surface area contributed by atoms with Gasteiger partial charge in [0.15, 0.2) is 0 Å². The highest BCUT2D eigenvalue weighted by molar-refractivity contribution is 6.03. The minimum Gasteiger partial charge on any atom is -0.449 e. The summed E-state index contributed by atoms with van der Waals surface area (Å²) in [7, 11) is 0. The highest BCUT2D eigenvalue weighted by Gasteiger charge is 2.22. The standard InChI is InChI=1S/C24H16FN3O4/c25-17-11-5-6-12-18(17)26-20(29)14-27-21-16-10-4-7-13-19(16)32-22(21)23(30)28(24(27)31)15-8-2-1-3-9-15/h1-13H,14H2,(H,26,29). The molecule has 5 aromatic rings. The van der Waals surface area contributed by atoms with Crippen molar-refractivity contribution in [3.63, 3.8) is 0 Å².